The summed E-state index contributed by atoms with van der Waals surface area (Å²) >= 11 is 3.22. The van der Waals surface area contributed by atoms with Gasteiger partial charge in [0.2, 0.25) is 11.9 Å². The van der Waals surface area contributed by atoms with E-state index >= 15 is 0 Å². The molecule has 1 N–H and O–H groups in total. The molecule has 4 heterocycles. The number of hydrogen-bond acceptors (Lipinski definition) is 8. The highest BCUT2D eigenvalue weighted by atomic mass is 32.1. The van der Waals surface area contributed by atoms with Crippen molar-refractivity contribution in [2.45, 2.75) is 39.7 Å². The molecule has 0 aromatic carbocycles. The van der Waals surface area contributed by atoms with Gasteiger partial charge in [0, 0.05) is 30.7 Å². The summed E-state index contributed by atoms with van der Waals surface area (Å²) in [5.74, 6) is 0.720. The first-order chi connectivity index (χ1) is 13.5. The lowest BCUT2D eigenvalue weighted by Gasteiger charge is -2.17. The van der Waals surface area contributed by atoms with Crippen LogP contribution >= 0.6 is 22.7 Å². The molecule has 1 atom stereocenters. The molecule has 0 spiro atoms. The van der Waals surface area contributed by atoms with Crippen molar-refractivity contribution >= 4 is 34.5 Å². The molecule has 7 nitrogen and oxygen atoms in total. The van der Waals surface area contributed by atoms with E-state index in [1.165, 1.54) is 0 Å². The second-order valence-corrected chi connectivity index (χ2v) is 9.19. The lowest BCUT2D eigenvalue weighted by atomic mass is 10.2. The van der Waals surface area contributed by atoms with Gasteiger partial charge in [-0.25, -0.2) is 19.9 Å². The smallest absolute Gasteiger partial charge is 0.226 e. The van der Waals surface area contributed by atoms with Crippen molar-refractivity contribution in [3.8, 4) is 10.6 Å². The molecule has 0 bridgehead atoms. The minimum atomic E-state index is 0.0163. The lowest BCUT2D eigenvalue weighted by molar-refractivity contribution is -0.121. The van der Waals surface area contributed by atoms with Gasteiger partial charge in [0.05, 0.1) is 38.4 Å². The Balaban J connectivity index is 1.39. The fourth-order valence-corrected chi connectivity index (χ4v) is 4.89. The Hall–Kier alpha value is -2.39. The Morgan fingerprint density at radius 3 is 2.82 bits per heavy atom. The average Bonchev–Trinajstić information content (AvgIpc) is 3.36. The number of aryl methyl sites for hydroxylation is 3. The summed E-state index contributed by atoms with van der Waals surface area (Å²) < 4.78 is 0. The molecule has 3 aromatic rings. The number of anilines is 1. The fourth-order valence-electron chi connectivity index (χ4n) is 3.39. The number of carbonyl (C=O) groups excluding carboxylic acids is 1. The summed E-state index contributed by atoms with van der Waals surface area (Å²) in [7, 11) is 0. The van der Waals surface area contributed by atoms with Crippen LogP contribution < -0.4 is 10.2 Å². The van der Waals surface area contributed by atoms with Gasteiger partial charge >= 0.3 is 0 Å². The zero-order chi connectivity index (χ0) is 19.7. The molecular weight excluding hydrogens is 392 g/mol. The van der Waals surface area contributed by atoms with Gasteiger partial charge in [-0.1, -0.05) is 0 Å². The summed E-state index contributed by atoms with van der Waals surface area (Å²) in [4.78, 5) is 33.6. The maximum Gasteiger partial charge on any atom is 0.226 e. The second kappa shape index (κ2) is 7.92. The van der Waals surface area contributed by atoms with Gasteiger partial charge in [-0.05, 0) is 33.3 Å². The van der Waals surface area contributed by atoms with Crippen LogP contribution in [-0.4, -0.2) is 45.0 Å². The molecule has 1 fully saturated rings. The number of rotatable bonds is 5. The van der Waals surface area contributed by atoms with E-state index in [-0.39, 0.29) is 11.9 Å². The first-order valence-electron chi connectivity index (χ1n) is 9.20. The highest BCUT2D eigenvalue weighted by molar-refractivity contribution is 7.15. The van der Waals surface area contributed by atoms with E-state index in [0.29, 0.717) is 18.9 Å². The monoisotopic (exact) mass is 414 g/mol. The van der Waals surface area contributed by atoms with Gasteiger partial charge in [0.1, 0.15) is 0 Å². The third kappa shape index (κ3) is 4.20. The van der Waals surface area contributed by atoms with Crippen molar-refractivity contribution in [3.63, 3.8) is 0 Å². The molecule has 1 aliphatic heterocycles. The predicted molar refractivity (Wildman–Crippen MR) is 112 cm³/mol. The van der Waals surface area contributed by atoms with Crippen molar-refractivity contribution in [1.82, 2.24) is 25.3 Å². The zero-order valence-corrected chi connectivity index (χ0v) is 17.7. The van der Waals surface area contributed by atoms with Crippen LogP contribution in [0.5, 0.6) is 0 Å². The summed E-state index contributed by atoms with van der Waals surface area (Å²) in [5, 5.41) is 7.08. The first-order valence-corrected chi connectivity index (χ1v) is 10.9. The van der Waals surface area contributed by atoms with Gasteiger partial charge in [0.25, 0.3) is 0 Å². The lowest BCUT2D eigenvalue weighted by Crippen LogP contribution is -2.38. The van der Waals surface area contributed by atoms with Gasteiger partial charge in [-0.15, -0.1) is 22.7 Å². The van der Waals surface area contributed by atoms with Crippen LogP contribution in [-0.2, 0) is 11.2 Å². The fraction of sp³-hybridized carbons (Fsp3) is 0.421. The molecule has 0 aliphatic carbocycles. The zero-order valence-electron chi connectivity index (χ0n) is 16.1. The van der Waals surface area contributed by atoms with Crippen LogP contribution in [0, 0.1) is 20.8 Å². The van der Waals surface area contributed by atoms with Gasteiger partial charge in [0.15, 0.2) is 0 Å². The molecular formula is C19H22N6OS2. The topological polar surface area (TPSA) is 83.9 Å². The predicted octanol–water partition coefficient (Wildman–Crippen LogP) is 2.92. The summed E-state index contributed by atoms with van der Waals surface area (Å²) in [6, 6.07) is 2.03. The van der Waals surface area contributed by atoms with Crippen LogP contribution in [0.25, 0.3) is 10.6 Å². The van der Waals surface area contributed by atoms with E-state index in [0.717, 1.165) is 44.9 Å². The van der Waals surface area contributed by atoms with Crippen molar-refractivity contribution in [2.75, 3.05) is 18.0 Å². The van der Waals surface area contributed by atoms with E-state index in [1.807, 2.05) is 32.2 Å². The van der Waals surface area contributed by atoms with Crippen LogP contribution in [0.3, 0.4) is 0 Å². The Kier molecular flexibility index (Phi) is 5.36. The van der Waals surface area contributed by atoms with Crippen LogP contribution in [0.1, 0.15) is 27.8 Å². The molecule has 4 rings (SSSR count). The molecule has 0 radical (unpaired) electrons. The number of nitrogens with one attached hydrogen (secondary N) is 1. The SMILES string of the molecule is Cc1nc(CC(=O)NC2CCN(c3nccc(-c4sc(C)nc4C)n3)C2)cs1. The van der Waals surface area contributed by atoms with E-state index in [2.05, 4.69) is 25.2 Å². The molecule has 9 heteroatoms. The van der Waals surface area contributed by atoms with Gasteiger partial charge < -0.3 is 10.2 Å². The van der Waals surface area contributed by atoms with E-state index in [4.69, 9.17) is 4.98 Å². The highest BCUT2D eigenvalue weighted by Gasteiger charge is 2.26. The molecule has 3 aromatic heterocycles. The van der Waals surface area contributed by atoms with Crippen molar-refractivity contribution < 1.29 is 4.79 Å². The summed E-state index contributed by atoms with van der Waals surface area (Å²) in [6.45, 7) is 7.50. The first kappa shape index (κ1) is 18.9. The molecule has 28 heavy (non-hydrogen) atoms. The number of thiazole rings is 2. The largest absolute Gasteiger partial charge is 0.351 e. The Morgan fingerprint density at radius 1 is 1.25 bits per heavy atom. The van der Waals surface area contributed by atoms with E-state index < -0.39 is 0 Å². The second-order valence-electron chi connectivity index (χ2n) is 6.92. The number of aromatic nitrogens is 4. The van der Waals surface area contributed by atoms with Gasteiger partial charge in [-0.3, -0.25) is 4.79 Å². The minimum Gasteiger partial charge on any atom is -0.351 e. The number of hydrogen-bond donors (Lipinski definition) is 1. The average molecular weight is 415 g/mol. The highest BCUT2D eigenvalue weighted by Crippen LogP contribution is 2.29. The van der Waals surface area contributed by atoms with Crippen LogP contribution in [0.15, 0.2) is 17.6 Å². The number of amides is 1. The van der Waals surface area contributed by atoms with E-state index in [1.54, 1.807) is 28.9 Å². The van der Waals surface area contributed by atoms with Crippen molar-refractivity contribution in [2.24, 2.45) is 0 Å². The summed E-state index contributed by atoms with van der Waals surface area (Å²) in [6.07, 6.45) is 3.01. The molecule has 1 saturated heterocycles. The normalized spacial score (nSPS) is 16.5. The number of nitrogens with zero attached hydrogens (tertiary/aromatic N) is 5. The third-order valence-electron chi connectivity index (χ3n) is 4.62. The Bertz CT molecular complexity index is 998. The van der Waals surface area contributed by atoms with Crippen molar-refractivity contribution in [3.05, 3.63) is 39.0 Å². The maximum absolute atomic E-state index is 12.3. The molecule has 1 amide bonds. The maximum atomic E-state index is 12.3. The minimum absolute atomic E-state index is 0.0163. The molecule has 1 aliphatic rings. The third-order valence-corrected chi connectivity index (χ3v) is 6.54. The number of carbonyl (C=O) groups is 1. The van der Waals surface area contributed by atoms with Crippen LogP contribution in [0.2, 0.25) is 0 Å². The van der Waals surface area contributed by atoms with E-state index in [9.17, 15) is 4.79 Å². The quantitative estimate of drug-likeness (QED) is 0.691. The van der Waals surface area contributed by atoms with Gasteiger partial charge in [-0.2, -0.15) is 0 Å². The summed E-state index contributed by atoms with van der Waals surface area (Å²) in [5.41, 5.74) is 2.73. The molecule has 0 saturated carbocycles. The Morgan fingerprint density at radius 2 is 2.11 bits per heavy atom. The Labute approximate surface area is 171 Å². The molecule has 146 valence electrons. The standard InChI is InChI=1S/C19H22N6OS2/c1-11-18(28-13(3)21-11)16-4-6-20-19(24-16)25-7-5-14(9-25)23-17(26)8-15-10-27-12(2)22-15/h4,6,10,14H,5,7-9H2,1-3H3,(H,23,26). The molecule has 1 unspecified atom stereocenters. The van der Waals surface area contributed by atoms with Crippen molar-refractivity contribution in [1.29, 1.82) is 0 Å². The van der Waals surface area contributed by atoms with Crippen LogP contribution in [0.4, 0.5) is 5.95 Å².